The zero-order valence-corrected chi connectivity index (χ0v) is 10.5. The number of nitrogens with one attached hydrogen (secondary N) is 1. The maximum absolute atomic E-state index is 9.08. The molecule has 1 aliphatic heterocycles. The number of anilines is 1. The normalized spacial score (nSPS) is 24.1. The SMILES string of the molecule is CC1(Nc2ccc(Cl)cc2C#N)CCCOC1. The quantitative estimate of drug-likeness (QED) is 0.877. The fraction of sp³-hybridized carbons (Fsp3) is 0.462. The van der Waals surface area contributed by atoms with Gasteiger partial charge in [-0.3, -0.25) is 0 Å². The first-order chi connectivity index (χ1) is 8.13. The van der Waals surface area contributed by atoms with Gasteiger partial charge >= 0.3 is 0 Å². The smallest absolute Gasteiger partial charge is 0.101 e. The molecule has 0 saturated carbocycles. The van der Waals surface area contributed by atoms with E-state index >= 15 is 0 Å². The van der Waals surface area contributed by atoms with E-state index in [1.165, 1.54) is 0 Å². The summed E-state index contributed by atoms with van der Waals surface area (Å²) in [4.78, 5) is 0. The molecule has 1 atom stereocenters. The van der Waals surface area contributed by atoms with Crippen molar-refractivity contribution in [3.63, 3.8) is 0 Å². The van der Waals surface area contributed by atoms with Gasteiger partial charge in [-0.15, -0.1) is 0 Å². The zero-order valence-electron chi connectivity index (χ0n) is 9.79. The van der Waals surface area contributed by atoms with Gasteiger partial charge in [0.25, 0.3) is 0 Å². The Bertz CT molecular complexity index is 447. The molecule has 0 aliphatic carbocycles. The van der Waals surface area contributed by atoms with Crippen LogP contribution in [0.3, 0.4) is 0 Å². The molecule has 1 saturated heterocycles. The summed E-state index contributed by atoms with van der Waals surface area (Å²) in [6.07, 6.45) is 2.08. The van der Waals surface area contributed by atoms with Crippen molar-refractivity contribution in [1.82, 2.24) is 0 Å². The van der Waals surface area contributed by atoms with Crippen molar-refractivity contribution in [3.8, 4) is 6.07 Å². The number of ether oxygens (including phenoxy) is 1. The zero-order chi connectivity index (χ0) is 12.3. The van der Waals surface area contributed by atoms with Crippen molar-refractivity contribution in [2.24, 2.45) is 0 Å². The third-order valence-corrected chi connectivity index (χ3v) is 3.21. The van der Waals surface area contributed by atoms with Crippen LogP contribution in [0, 0.1) is 11.3 Å². The lowest BCUT2D eigenvalue weighted by Crippen LogP contribution is -2.43. The van der Waals surface area contributed by atoms with E-state index in [1.807, 2.05) is 6.07 Å². The molecule has 0 bridgehead atoms. The number of hydrogen-bond acceptors (Lipinski definition) is 3. The van der Waals surface area contributed by atoms with Crippen molar-refractivity contribution >= 4 is 17.3 Å². The minimum atomic E-state index is -0.0995. The van der Waals surface area contributed by atoms with E-state index in [4.69, 9.17) is 21.6 Å². The third kappa shape index (κ3) is 2.91. The largest absolute Gasteiger partial charge is 0.379 e. The highest BCUT2D eigenvalue weighted by molar-refractivity contribution is 6.30. The van der Waals surface area contributed by atoms with Gasteiger partial charge in [-0.1, -0.05) is 11.6 Å². The van der Waals surface area contributed by atoms with E-state index in [1.54, 1.807) is 12.1 Å². The van der Waals surface area contributed by atoms with Gasteiger partial charge < -0.3 is 10.1 Å². The van der Waals surface area contributed by atoms with Gasteiger partial charge in [-0.2, -0.15) is 5.26 Å². The Hall–Kier alpha value is -1.24. The number of nitrogens with zero attached hydrogens (tertiary/aromatic N) is 1. The highest BCUT2D eigenvalue weighted by Gasteiger charge is 2.27. The molecule has 1 fully saturated rings. The molecule has 1 aliphatic rings. The van der Waals surface area contributed by atoms with Crippen LogP contribution in [0.1, 0.15) is 25.3 Å². The summed E-state index contributed by atoms with van der Waals surface area (Å²) in [6.45, 7) is 3.60. The molecule has 0 aromatic heterocycles. The summed E-state index contributed by atoms with van der Waals surface area (Å²) >= 11 is 5.87. The fourth-order valence-corrected chi connectivity index (χ4v) is 2.25. The maximum Gasteiger partial charge on any atom is 0.101 e. The minimum absolute atomic E-state index is 0.0995. The first-order valence-corrected chi connectivity index (χ1v) is 6.06. The Morgan fingerprint density at radius 3 is 3.00 bits per heavy atom. The summed E-state index contributed by atoms with van der Waals surface area (Å²) < 4.78 is 5.48. The molecule has 1 aromatic rings. The number of halogens is 1. The average molecular weight is 251 g/mol. The summed E-state index contributed by atoms with van der Waals surface area (Å²) in [5, 5.41) is 13.1. The van der Waals surface area contributed by atoms with Crippen LogP contribution in [0.2, 0.25) is 5.02 Å². The Morgan fingerprint density at radius 2 is 2.35 bits per heavy atom. The standard InChI is InChI=1S/C13H15ClN2O/c1-13(5-2-6-17-9-13)16-12-4-3-11(14)7-10(12)8-15/h3-4,7,16H,2,5-6,9H2,1H3. The number of hydrogen-bond donors (Lipinski definition) is 1. The summed E-state index contributed by atoms with van der Waals surface area (Å²) in [7, 11) is 0. The van der Waals surface area contributed by atoms with E-state index in [-0.39, 0.29) is 5.54 Å². The molecular weight excluding hydrogens is 236 g/mol. The lowest BCUT2D eigenvalue weighted by Gasteiger charge is -2.35. The van der Waals surface area contributed by atoms with Crippen LogP contribution in [0.4, 0.5) is 5.69 Å². The highest BCUT2D eigenvalue weighted by atomic mass is 35.5. The highest BCUT2D eigenvalue weighted by Crippen LogP contribution is 2.27. The van der Waals surface area contributed by atoms with Crippen molar-refractivity contribution in [2.45, 2.75) is 25.3 Å². The van der Waals surface area contributed by atoms with Gasteiger partial charge in [0.1, 0.15) is 6.07 Å². The first-order valence-electron chi connectivity index (χ1n) is 5.69. The Morgan fingerprint density at radius 1 is 1.53 bits per heavy atom. The van der Waals surface area contributed by atoms with E-state index in [0.29, 0.717) is 17.2 Å². The van der Waals surface area contributed by atoms with Gasteiger partial charge in [0, 0.05) is 11.6 Å². The Labute approximate surface area is 106 Å². The Balaban J connectivity index is 2.20. The van der Waals surface area contributed by atoms with E-state index < -0.39 is 0 Å². The van der Waals surface area contributed by atoms with Crippen LogP contribution < -0.4 is 5.32 Å². The van der Waals surface area contributed by atoms with Crippen molar-refractivity contribution < 1.29 is 4.74 Å². The molecule has 1 aromatic carbocycles. The molecule has 90 valence electrons. The van der Waals surface area contributed by atoms with E-state index in [0.717, 1.165) is 25.1 Å². The van der Waals surface area contributed by atoms with Crippen LogP contribution in [0.5, 0.6) is 0 Å². The molecule has 0 spiro atoms. The molecule has 17 heavy (non-hydrogen) atoms. The number of rotatable bonds is 2. The van der Waals surface area contributed by atoms with Crippen molar-refractivity contribution in [1.29, 1.82) is 5.26 Å². The second kappa shape index (κ2) is 4.95. The Kier molecular flexibility index (Phi) is 3.56. The van der Waals surface area contributed by atoms with Gasteiger partial charge in [-0.25, -0.2) is 0 Å². The lowest BCUT2D eigenvalue weighted by molar-refractivity contribution is 0.0540. The van der Waals surface area contributed by atoms with Crippen LogP contribution in [-0.2, 0) is 4.74 Å². The fourth-order valence-electron chi connectivity index (χ4n) is 2.08. The second-order valence-corrected chi connectivity index (χ2v) is 5.08. The molecule has 3 nitrogen and oxygen atoms in total. The topological polar surface area (TPSA) is 45.0 Å². The molecule has 1 unspecified atom stereocenters. The van der Waals surface area contributed by atoms with Crippen LogP contribution in [0.25, 0.3) is 0 Å². The van der Waals surface area contributed by atoms with Gasteiger partial charge in [-0.05, 0) is 38.0 Å². The average Bonchev–Trinajstić information content (AvgIpc) is 2.32. The third-order valence-electron chi connectivity index (χ3n) is 2.98. The summed E-state index contributed by atoms with van der Waals surface area (Å²) in [5.74, 6) is 0. The molecule has 2 rings (SSSR count). The van der Waals surface area contributed by atoms with E-state index in [2.05, 4.69) is 18.3 Å². The second-order valence-electron chi connectivity index (χ2n) is 4.64. The van der Waals surface area contributed by atoms with E-state index in [9.17, 15) is 0 Å². The monoisotopic (exact) mass is 250 g/mol. The number of nitriles is 1. The lowest BCUT2D eigenvalue weighted by atomic mass is 9.94. The predicted molar refractivity (Wildman–Crippen MR) is 68.2 cm³/mol. The van der Waals surface area contributed by atoms with Crippen molar-refractivity contribution in [3.05, 3.63) is 28.8 Å². The summed E-state index contributed by atoms with van der Waals surface area (Å²) in [5.41, 5.74) is 1.30. The number of benzene rings is 1. The van der Waals surface area contributed by atoms with Crippen LogP contribution in [-0.4, -0.2) is 18.8 Å². The predicted octanol–water partition coefficient (Wildman–Crippen LogP) is 3.19. The van der Waals surface area contributed by atoms with Gasteiger partial charge in [0.15, 0.2) is 0 Å². The van der Waals surface area contributed by atoms with Gasteiger partial charge in [0.05, 0.1) is 23.4 Å². The minimum Gasteiger partial charge on any atom is -0.379 e. The first kappa shape index (κ1) is 12.2. The molecular formula is C13H15ClN2O. The molecule has 4 heteroatoms. The van der Waals surface area contributed by atoms with Crippen LogP contribution in [0.15, 0.2) is 18.2 Å². The maximum atomic E-state index is 9.08. The summed E-state index contributed by atoms with van der Waals surface area (Å²) in [6, 6.07) is 7.47. The molecule has 1 heterocycles. The molecule has 1 N–H and O–H groups in total. The molecule has 0 radical (unpaired) electrons. The van der Waals surface area contributed by atoms with Gasteiger partial charge in [0.2, 0.25) is 0 Å². The molecule has 0 amide bonds. The van der Waals surface area contributed by atoms with Crippen molar-refractivity contribution in [2.75, 3.05) is 18.5 Å². The van der Waals surface area contributed by atoms with Crippen LogP contribution >= 0.6 is 11.6 Å².